The van der Waals surface area contributed by atoms with Gasteiger partial charge in [0.2, 0.25) is 0 Å². The third kappa shape index (κ3) is 5.85. The minimum absolute atomic E-state index is 0.00597. The Morgan fingerprint density at radius 2 is 2.00 bits per heavy atom. The predicted octanol–water partition coefficient (Wildman–Crippen LogP) is 3.70. The number of methoxy groups -OCH3 is 1. The summed E-state index contributed by atoms with van der Waals surface area (Å²) in [7, 11) is 2.91. The van der Waals surface area contributed by atoms with Crippen molar-refractivity contribution in [1.82, 2.24) is 15.6 Å². The number of aryl methyl sites for hydroxylation is 2. The number of nitrogens with one attached hydrogen (secondary N) is 2. The SMILES string of the molecule is CN=C(NCCc1nc(C)c(C)s1)NCc1ccc(OC)cc1C(F)(F)F. The number of aromatic nitrogens is 1. The van der Waals surface area contributed by atoms with Gasteiger partial charge in [0.05, 0.1) is 23.4 Å². The molecule has 0 atom stereocenters. The topological polar surface area (TPSA) is 58.5 Å². The molecule has 2 rings (SSSR count). The molecule has 5 nitrogen and oxygen atoms in total. The second-order valence-electron chi connectivity index (χ2n) is 5.87. The van der Waals surface area contributed by atoms with Crippen LogP contribution in [0, 0.1) is 13.8 Å². The zero-order chi connectivity index (χ0) is 20.0. The molecule has 2 aromatic rings. The first-order chi connectivity index (χ1) is 12.7. The van der Waals surface area contributed by atoms with Gasteiger partial charge in [0.15, 0.2) is 5.96 Å². The smallest absolute Gasteiger partial charge is 0.416 e. The van der Waals surface area contributed by atoms with Crippen molar-refractivity contribution in [2.45, 2.75) is 33.0 Å². The average Bonchev–Trinajstić information content (AvgIpc) is 2.94. The molecule has 0 spiro atoms. The van der Waals surface area contributed by atoms with Crippen molar-refractivity contribution in [3.05, 3.63) is 44.9 Å². The summed E-state index contributed by atoms with van der Waals surface area (Å²) >= 11 is 1.64. The van der Waals surface area contributed by atoms with Gasteiger partial charge in [0.25, 0.3) is 0 Å². The van der Waals surface area contributed by atoms with Gasteiger partial charge in [-0.2, -0.15) is 13.2 Å². The van der Waals surface area contributed by atoms with Crippen LogP contribution in [0.25, 0.3) is 0 Å². The van der Waals surface area contributed by atoms with E-state index in [2.05, 4.69) is 20.6 Å². The van der Waals surface area contributed by atoms with E-state index in [1.165, 1.54) is 24.1 Å². The maximum absolute atomic E-state index is 13.3. The fourth-order valence-corrected chi connectivity index (χ4v) is 3.37. The monoisotopic (exact) mass is 400 g/mol. The number of halogens is 3. The molecule has 0 bridgehead atoms. The minimum Gasteiger partial charge on any atom is -0.497 e. The summed E-state index contributed by atoms with van der Waals surface area (Å²) in [6.07, 6.45) is -3.74. The number of ether oxygens (including phenoxy) is 1. The molecule has 1 heterocycles. The third-order valence-corrected chi connectivity index (χ3v) is 5.13. The van der Waals surface area contributed by atoms with Crippen molar-refractivity contribution >= 4 is 17.3 Å². The lowest BCUT2D eigenvalue weighted by molar-refractivity contribution is -0.138. The molecular weight excluding hydrogens is 377 g/mol. The van der Waals surface area contributed by atoms with Crippen LogP contribution in [0.1, 0.15) is 26.7 Å². The summed E-state index contributed by atoms with van der Waals surface area (Å²) in [6.45, 7) is 4.57. The molecule has 0 saturated carbocycles. The largest absolute Gasteiger partial charge is 0.497 e. The fourth-order valence-electron chi connectivity index (χ4n) is 2.43. The number of alkyl halides is 3. The number of rotatable bonds is 6. The van der Waals surface area contributed by atoms with Crippen LogP contribution in [0.3, 0.4) is 0 Å². The van der Waals surface area contributed by atoms with E-state index >= 15 is 0 Å². The highest BCUT2D eigenvalue weighted by molar-refractivity contribution is 7.11. The Bertz CT molecular complexity index is 783. The van der Waals surface area contributed by atoms with Crippen LogP contribution < -0.4 is 15.4 Å². The molecule has 0 amide bonds. The Labute approximate surface area is 160 Å². The van der Waals surface area contributed by atoms with E-state index in [-0.39, 0.29) is 17.9 Å². The van der Waals surface area contributed by atoms with E-state index in [9.17, 15) is 13.2 Å². The molecule has 2 N–H and O–H groups in total. The number of nitrogens with zero attached hydrogens (tertiary/aromatic N) is 2. The maximum atomic E-state index is 13.3. The maximum Gasteiger partial charge on any atom is 0.416 e. The molecule has 0 fully saturated rings. The zero-order valence-corrected chi connectivity index (χ0v) is 16.5. The summed E-state index contributed by atoms with van der Waals surface area (Å²) in [5.74, 6) is 0.603. The van der Waals surface area contributed by atoms with Gasteiger partial charge in [-0.15, -0.1) is 11.3 Å². The normalized spacial score (nSPS) is 12.2. The van der Waals surface area contributed by atoms with Crippen molar-refractivity contribution in [2.24, 2.45) is 4.99 Å². The first-order valence-corrected chi connectivity index (χ1v) is 9.17. The first-order valence-electron chi connectivity index (χ1n) is 8.36. The van der Waals surface area contributed by atoms with Crippen LogP contribution in [0.5, 0.6) is 5.75 Å². The van der Waals surface area contributed by atoms with Gasteiger partial charge in [-0.25, -0.2) is 4.98 Å². The molecule has 0 unspecified atom stereocenters. The van der Waals surface area contributed by atoms with E-state index in [1.54, 1.807) is 18.4 Å². The minimum atomic E-state index is -4.46. The van der Waals surface area contributed by atoms with E-state index < -0.39 is 11.7 Å². The lowest BCUT2D eigenvalue weighted by Crippen LogP contribution is -2.38. The number of aliphatic imine (C=N–C) groups is 1. The number of hydrogen-bond acceptors (Lipinski definition) is 4. The van der Waals surface area contributed by atoms with Crippen molar-refractivity contribution in [1.29, 1.82) is 0 Å². The van der Waals surface area contributed by atoms with Crippen molar-refractivity contribution in [2.75, 3.05) is 20.7 Å². The van der Waals surface area contributed by atoms with Crippen LogP contribution in [0.15, 0.2) is 23.2 Å². The molecule has 0 aliphatic carbocycles. The highest BCUT2D eigenvalue weighted by Crippen LogP contribution is 2.34. The van der Waals surface area contributed by atoms with Crippen LogP contribution >= 0.6 is 11.3 Å². The molecule has 148 valence electrons. The molecule has 9 heteroatoms. The molecule has 1 aromatic heterocycles. The van der Waals surface area contributed by atoms with Gasteiger partial charge in [-0.05, 0) is 31.5 Å². The lowest BCUT2D eigenvalue weighted by Gasteiger charge is -2.16. The summed E-state index contributed by atoms with van der Waals surface area (Å²) in [5.41, 5.74) is 0.424. The highest BCUT2D eigenvalue weighted by Gasteiger charge is 2.33. The molecule has 0 aliphatic heterocycles. The Morgan fingerprint density at radius 3 is 2.56 bits per heavy atom. The van der Waals surface area contributed by atoms with E-state index in [0.29, 0.717) is 12.5 Å². The van der Waals surface area contributed by atoms with Crippen LogP contribution in [-0.4, -0.2) is 31.6 Å². The molecule has 1 aromatic carbocycles. The first kappa shape index (κ1) is 21.0. The van der Waals surface area contributed by atoms with Crippen LogP contribution in [0.4, 0.5) is 13.2 Å². The summed E-state index contributed by atoms with van der Waals surface area (Å²) < 4.78 is 44.7. The van der Waals surface area contributed by atoms with Crippen molar-refractivity contribution < 1.29 is 17.9 Å². The summed E-state index contributed by atoms with van der Waals surface area (Å²) in [6, 6.07) is 3.92. The Balaban J connectivity index is 1.95. The van der Waals surface area contributed by atoms with Gasteiger partial charge in [0, 0.05) is 31.4 Å². The van der Waals surface area contributed by atoms with Crippen LogP contribution in [-0.2, 0) is 19.1 Å². The average molecular weight is 400 g/mol. The fraction of sp³-hybridized carbons (Fsp3) is 0.444. The molecule has 0 aliphatic rings. The van der Waals surface area contributed by atoms with E-state index in [1.807, 2.05) is 13.8 Å². The standard InChI is InChI=1S/C18H23F3N4OS/c1-11-12(2)27-16(25-11)7-8-23-17(22-3)24-10-13-5-6-14(26-4)9-15(13)18(19,20)21/h5-6,9H,7-8,10H2,1-4H3,(H2,22,23,24). The summed E-state index contributed by atoms with van der Waals surface area (Å²) in [5, 5.41) is 7.03. The van der Waals surface area contributed by atoms with E-state index in [0.717, 1.165) is 23.2 Å². The molecule has 0 saturated heterocycles. The van der Waals surface area contributed by atoms with Gasteiger partial charge < -0.3 is 15.4 Å². The molecule has 0 radical (unpaired) electrons. The number of benzene rings is 1. The highest BCUT2D eigenvalue weighted by atomic mass is 32.1. The van der Waals surface area contributed by atoms with Gasteiger partial charge in [0.1, 0.15) is 5.75 Å². The quantitative estimate of drug-likeness (QED) is 0.574. The van der Waals surface area contributed by atoms with Crippen molar-refractivity contribution in [3.63, 3.8) is 0 Å². The third-order valence-electron chi connectivity index (χ3n) is 4.00. The second kappa shape index (κ2) is 9.07. The summed E-state index contributed by atoms with van der Waals surface area (Å²) in [4.78, 5) is 9.70. The second-order valence-corrected chi connectivity index (χ2v) is 7.16. The lowest BCUT2D eigenvalue weighted by atomic mass is 10.1. The number of guanidine groups is 1. The Hall–Kier alpha value is -2.29. The van der Waals surface area contributed by atoms with Crippen LogP contribution in [0.2, 0.25) is 0 Å². The van der Waals surface area contributed by atoms with Gasteiger partial charge >= 0.3 is 6.18 Å². The number of hydrogen-bond donors (Lipinski definition) is 2. The Morgan fingerprint density at radius 1 is 1.26 bits per heavy atom. The van der Waals surface area contributed by atoms with Gasteiger partial charge in [-0.3, -0.25) is 4.99 Å². The van der Waals surface area contributed by atoms with Gasteiger partial charge in [-0.1, -0.05) is 6.07 Å². The Kier molecular flexibility index (Phi) is 7.06. The predicted molar refractivity (Wildman–Crippen MR) is 101 cm³/mol. The van der Waals surface area contributed by atoms with E-state index in [4.69, 9.17) is 4.74 Å². The number of thiazole rings is 1. The van der Waals surface area contributed by atoms with Crippen molar-refractivity contribution in [3.8, 4) is 5.75 Å². The zero-order valence-electron chi connectivity index (χ0n) is 15.7. The molecular formula is C18H23F3N4OS. The molecule has 27 heavy (non-hydrogen) atoms.